The van der Waals surface area contributed by atoms with E-state index in [1.807, 2.05) is 30.7 Å². The Morgan fingerprint density at radius 2 is 2.00 bits per heavy atom. The zero-order chi connectivity index (χ0) is 14.2. The van der Waals surface area contributed by atoms with Crippen LogP contribution in [0.3, 0.4) is 0 Å². The number of halogens is 2. The van der Waals surface area contributed by atoms with Gasteiger partial charge in [0.1, 0.15) is 0 Å². The van der Waals surface area contributed by atoms with Gasteiger partial charge in [0.15, 0.2) is 0 Å². The summed E-state index contributed by atoms with van der Waals surface area (Å²) in [5.74, 6) is 0. The first-order valence-corrected chi connectivity index (χ1v) is 6.81. The third-order valence-electron chi connectivity index (χ3n) is 3.19. The predicted octanol–water partition coefficient (Wildman–Crippen LogP) is 3.91. The van der Waals surface area contributed by atoms with Crippen molar-refractivity contribution in [2.24, 2.45) is 0 Å². The van der Waals surface area contributed by atoms with E-state index < -0.39 is 6.10 Å². The molecule has 1 heterocycles. The van der Waals surface area contributed by atoms with Crippen molar-refractivity contribution in [1.29, 1.82) is 0 Å². The fourth-order valence-corrected chi connectivity index (χ4v) is 2.75. The van der Waals surface area contributed by atoms with Crippen LogP contribution in [-0.4, -0.2) is 14.9 Å². The molecule has 1 unspecified atom stereocenters. The Balaban J connectivity index is 2.36. The first-order chi connectivity index (χ1) is 8.90. The van der Waals surface area contributed by atoms with Crippen LogP contribution < -0.4 is 0 Å². The molecule has 5 heteroatoms. The maximum absolute atomic E-state index is 9.76. The van der Waals surface area contributed by atoms with E-state index in [0.717, 1.165) is 22.5 Å². The highest BCUT2D eigenvalue weighted by Crippen LogP contribution is 2.25. The number of benzene rings is 1. The Labute approximate surface area is 122 Å². The van der Waals surface area contributed by atoms with Gasteiger partial charge in [-0.25, -0.2) is 0 Å². The van der Waals surface area contributed by atoms with Crippen molar-refractivity contribution in [2.45, 2.75) is 33.4 Å². The summed E-state index contributed by atoms with van der Waals surface area (Å²) in [6, 6.07) is 5.42. The van der Waals surface area contributed by atoms with Crippen LogP contribution in [0.2, 0.25) is 10.0 Å². The normalized spacial score (nSPS) is 12.7. The molecule has 0 bridgehead atoms. The second kappa shape index (κ2) is 5.53. The largest absolute Gasteiger partial charge is 0.389 e. The predicted molar refractivity (Wildman–Crippen MR) is 77.9 cm³/mol. The molecular weight excluding hydrogens is 283 g/mol. The van der Waals surface area contributed by atoms with Crippen LogP contribution in [0.5, 0.6) is 0 Å². The highest BCUT2D eigenvalue weighted by atomic mass is 35.5. The average Bonchev–Trinajstić information content (AvgIpc) is 2.58. The van der Waals surface area contributed by atoms with Gasteiger partial charge in [-0.05, 0) is 38.5 Å². The summed E-state index contributed by atoms with van der Waals surface area (Å²) in [4.78, 5) is 0. The van der Waals surface area contributed by atoms with Crippen LogP contribution in [0.15, 0.2) is 18.2 Å². The molecule has 1 aromatic heterocycles. The molecule has 2 rings (SSSR count). The van der Waals surface area contributed by atoms with Gasteiger partial charge in [-0.2, -0.15) is 5.10 Å². The van der Waals surface area contributed by atoms with Gasteiger partial charge in [0.25, 0.3) is 0 Å². The summed E-state index contributed by atoms with van der Waals surface area (Å²) < 4.78 is 1.85. The molecule has 0 aliphatic carbocycles. The molecule has 0 saturated carbocycles. The summed E-state index contributed by atoms with van der Waals surface area (Å²) in [6.07, 6.45) is -0.519. The molecule has 1 atom stereocenters. The Kier molecular flexibility index (Phi) is 4.19. The van der Waals surface area contributed by atoms with E-state index in [2.05, 4.69) is 5.10 Å². The lowest BCUT2D eigenvalue weighted by atomic mass is 10.1. The van der Waals surface area contributed by atoms with Crippen LogP contribution in [0.25, 0.3) is 0 Å². The van der Waals surface area contributed by atoms with Crippen molar-refractivity contribution >= 4 is 23.2 Å². The van der Waals surface area contributed by atoms with E-state index >= 15 is 0 Å². The molecule has 0 amide bonds. The standard InChI is InChI=1S/C14H16Cl2N2O/c1-8-14(10(3)19)9(2)18(17-8)7-11-4-5-12(15)6-13(11)16/h4-6,10,19H,7H2,1-3H3. The lowest BCUT2D eigenvalue weighted by Gasteiger charge is -2.09. The second-order valence-corrected chi connectivity index (χ2v) is 5.50. The molecule has 1 N–H and O–H groups in total. The Hall–Kier alpha value is -1.03. The third kappa shape index (κ3) is 2.94. The molecule has 19 heavy (non-hydrogen) atoms. The summed E-state index contributed by atoms with van der Waals surface area (Å²) in [5, 5.41) is 15.5. The Morgan fingerprint density at radius 3 is 2.53 bits per heavy atom. The first-order valence-electron chi connectivity index (χ1n) is 6.06. The molecule has 0 fully saturated rings. The first kappa shape index (κ1) is 14.4. The van der Waals surface area contributed by atoms with Crippen molar-refractivity contribution in [2.75, 3.05) is 0 Å². The van der Waals surface area contributed by atoms with Crippen molar-refractivity contribution in [3.63, 3.8) is 0 Å². The highest BCUT2D eigenvalue weighted by Gasteiger charge is 2.16. The lowest BCUT2D eigenvalue weighted by Crippen LogP contribution is -2.05. The maximum atomic E-state index is 9.76. The smallest absolute Gasteiger partial charge is 0.0797 e. The number of hydrogen-bond acceptors (Lipinski definition) is 2. The van der Waals surface area contributed by atoms with Gasteiger partial charge >= 0.3 is 0 Å². The third-order valence-corrected chi connectivity index (χ3v) is 3.78. The number of aromatic nitrogens is 2. The molecule has 0 saturated heterocycles. The molecule has 0 aliphatic rings. The zero-order valence-electron chi connectivity index (χ0n) is 11.1. The Bertz CT molecular complexity index is 606. The van der Waals surface area contributed by atoms with E-state index in [-0.39, 0.29) is 0 Å². The zero-order valence-corrected chi connectivity index (χ0v) is 12.6. The van der Waals surface area contributed by atoms with Crippen LogP contribution >= 0.6 is 23.2 Å². The van der Waals surface area contributed by atoms with E-state index in [9.17, 15) is 5.11 Å². The number of aliphatic hydroxyl groups excluding tert-OH is 1. The molecule has 0 spiro atoms. The van der Waals surface area contributed by atoms with E-state index in [4.69, 9.17) is 23.2 Å². The Morgan fingerprint density at radius 1 is 1.32 bits per heavy atom. The van der Waals surface area contributed by atoms with Crippen molar-refractivity contribution in [3.8, 4) is 0 Å². The number of aryl methyl sites for hydroxylation is 1. The summed E-state index contributed by atoms with van der Waals surface area (Å²) in [6.45, 7) is 6.16. The van der Waals surface area contributed by atoms with Crippen LogP contribution in [0.4, 0.5) is 0 Å². The molecule has 0 aliphatic heterocycles. The van der Waals surface area contributed by atoms with Gasteiger partial charge in [0.2, 0.25) is 0 Å². The summed E-state index contributed by atoms with van der Waals surface area (Å²) in [7, 11) is 0. The fraction of sp³-hybridized carbons (Fsp3) is 0.357. The molecule has 2 aromatic rings. The number of hydrogen-bond donors (Lipinski definition) is 1. The van der Waals surface area contributed by atoms with Crippen molar-refractivity contribution < 1.29 is 5.11 Å². The van der Waals surface area contributed by atoms with Crippen LogP contribution in [0.1, 0.15) is 35.5 Å². The second-order valence-electron chi connectivity index (χ2n) is 4.65. The van der Waals surface area contributed by atoms with Gasteiger partial charge in [-0.15, -0.1) is 0 Å². The molecule has 1 aromatic carbocycles. The van der Waals surface area contributed by atoms with Gasteiger partial charge in [0, 0.05) is 21.3 Å². The maximum Gasteiger partial charge on any atom is 0.0797 e. The minimum atomic E-state index is -0.519. The van der Waals surface area contributed by atoms with E-state index in [1.165, 1.54) is 0 Å². The van der Waals surface area contributed by atoms with Crippen LogP contribution in [0, 0.1) is 13.8 Å². The van der Waals surface area contributed by atoms with E-state index in [0.29, 0.717) is 16.6 Å². The number of rotatable bonds is 3. The quantitative estimate of drug-likeness (QED) is 0.933. The monoisotopic (exact) mass is 298 g/mol. The minimum absolute atomic E-state index is 0.519. The highest BCUT2D eigenvalue weighted by molar-refractivity contribution is 6.35. The summed E-state index contributed by atoms with van der Waals surface area (Å²) in [5.41, 5.74) is 3.63. The molecular formula is C14H16Cl2N2O. The topological polar surface area (TPSA) is 38.0 Å². The molecule has 102 valence electrons. The van der Waals surface area contributed by atoms with Crippen LogP contribution in [-0.2, 0) is 6.54 Å². The van der Waals surface area contributed by atoms with Crippen molar-refractivity contribution in [3.05, 3.63) is 50.8 Å². The van der Waals surface area contributed by atoms with Gasteiger partial charge in [-0.3, -0.25) is 4.68 Å². The number of aliphatic hydroxyl groups is 1. The molecule has 3 nitrogen and oxygen atoms in total. The lowest BCUT2D eigenvalue weighted by molar-refractivity contribution is 0.197. The fourth-order valence-electron chi connectivity index (χ4n) is 2.28. The average molecular weight is 299 g/mol. The van der Waals surface area contributed by atoms with Gasteiger partial charge in [-0.1, -0.05) is 29.3 Å². The van der Waals surface area contributed by atoms with Gasteiger partial charge < -0.3 is 5.11 Å². The van der Waals surface area contributed by atoms with E-state index in [1.54, 1.807) is 13.0 Å². The number of nitrogens with zero attached hydrogens (tertiary/aromatic N) is 2. The molecule has 0 radical (unpaired) electrons. The minimum Gasteiger partial charge on any atom is -0.389 e. The van der Waals surface area contributed by atoms with Crippen molar-refractivity contribution in [1.82, 2.24) is 9.78 Å². The van der Waals surface area contributed by atoms with Gasteiger partial charge in [0.05, 0.1) is 18.3 Å². The SMILES string of the molecule is Cc1nn(Cc2ccc(Cl)cc2Cl)c(C)c1C(C)O. The summed E-state index contributed by atoms with van der Waals surface area (Å²) >= 11 is 12.0.